The minimum absolute atomic E-state index is 0.268. The first kappa shape index (κ1) is 20.3. The predicted molar refractivity (Wildman–Crippen MR) is 116 cm³/mol. The number of ether oxygens (including phenoxy) is 1. The molecule has 29 heavy (non-hydrogen) atoms. The maximum atomic E-state index is 12.5. The molecule has 0 aliphatic rings. The van der Waals surface area contributed by atoms with Crippen LogP contribution in [0.15, 0.2) is 48.8 Å². The van der Waals surface area contributed by atoms with Crippen LogP contribution in [0.4, 0.5) is 11.5 Å². The van der Waals surface area contributed by atoms with Crippen LogP contribution in [0.25, 0.3) is 0 Å². The molecule has 2 aromatic carbocycles. The summed E-state index contributed by atoms with van der Waals surface area (Å²) < 4.78 is 5.24. The van der Waals surface area contributed by atoms with Gasteiger partial charge in [0.2, 0.25) is 0 Å². The van der Waals surface area contributed by atoms with Gasteiger partial charge in [-0.15, -0.1) is 0 Å². The lowest BCUT2D eigenvalue weighted by Gasteiger charge is -2.12. The fraction of sp³-hybridized carbons (Fsp3) is 0.261. The Bertz CT molecular complexity index is 977. The molecule has 0 aliphatic heterocycles. The maximum absolute atomic E-state index is 12.5. The van der Waals surface area contributed by atoms with Crippen molar-refractivity contribution in [3.8, 4) is 5.75 Å². The first-order valence-electron chi connectivity index (χ1n) is 9.54. The van der Waals surface area contributed by atoms with Crippen molar-refractivity contribution >= 4 is 17.4 Å². The molecule has 1 heterocycles. The Morgan fingerprint density at radius 3 is 2.45 bits per heavy atom. The molecule has 0 fully saturated rings. The van der Waals surface area contributed by atoms with Crippen molar-refractivity contribution in [2.24, 2.45) is 0 Å². The van der Waals surface area contributed by atoms with E-state index in [-0.39, 0.29) is 11.6 Å². The number of aromatic nitrogens is 2. The van der Waals surface area contributed by atoms with Crippen molar-refractivity contribution in [3.63, 3.8) is 0 Å². The standard InChI is InChI=1S/C23H26N4O2/c1-15-10-16(2)22(17(3)11-15)27-23(28)20-13-26-21(14-25-20)24-9-8-18-6-5-7-19(12-18)29-4/h5-7,10-14H,8-9H2,1-4H3,(H,24,26)(H,27,28). The molecule has 0 spiro atoms. The number of aryl methyl sites for hydroxylation is 3. The first-order valence-corrected chi connectivity index (χ1v) is 9.54. The Balaban J connectivity index is 1.57. The van der Waals surface area contributed by atoms with E-state index in [9.17, 15) is 4.79 Å². The lowest BCUT2D eigenvalue weighted by Crippen LogP contribution is -2.16. The van der Waals surface area contributed by atoms with Crippen LogP contribution in [0.2, 0.25) is 0 Å². The number of methoxy groups -OCH3 is 1. The zero-order valence-corrected chi connectivity index (χ0v) is 17.2. The van der Waals surface area contributed by atoms with Gasteiger partial charge in [-0.25, -0.2) is 9.97 Å². The van der Waals surface area contributed by atoms with E-state index in [1.165, 1.54) is 17.3 Å². The number of rotatable bonds is 7. The second kappa shape index (κ2) is 9.19. The van der Waals surface area contributed by atoms with Crippen LogP contribution in [0.3, 0.4) is 0 Å². The molecule has 0 saturated heterocycles. The van der Waals surface area contributed by atoms with Crippen LogP contribution >= 0.6 is 0 Å². The van der Waals surface area contributed by atoms with Gasteiger partial charge in [-0.1, -0.05) is 29.8 Å². The zero-order chi connectivity index (χ0) is 20.8. The Hall–Kier alpha value is -3.41. The molecule has 0 atom stereocenters. The molecule has 3 aromatic rings. The predicted octanol–water partition coefficient (Wildman–Crippen LogP) is 4.32. The molecule has 6 heteroatoms. The lowest BCUT2D eigenvalue weighted by molar-refractivity contribution is 0.102. The molecule has 1 aromatic heterocycles. The fourth-order valence-corrected chi connectivity index (χ4v) is 3.25. The third kappa shape index (κ3) is 5.31. The number of hydrogen-bond donors (Lipinski definition) is 2. The number of amides is 1. The second-order valence-electron chi connectivity index (χ2n) is 7.04. The molecule has 150 valence electrons. The number of nitrogens with zero attached hydrogens (tertiary/aromatic N) is 2. The molecule has 0 radical (unpaired) electrons. The van der Waals surface area contributed by atoms with Crippen LogP contribution in [0, 0.1) is 20.8 Å². The van der Waals surface area contributed by atoms with Gasteiger partial charge in [-0.3, -0.25) is 4.79 Å². The minimum atomic E-state index is -0.268. The molecule has 3 rings (SSSR count). The normalized spacial score (nSPS) is 10.5. The Morgan fingerprint density at radius 2 is 1.79 bits per heavy atom. The molecule has 0 unspecified atom stereocenters. The van der Waals surface area contributed by atoms with Gasteiger partial charge in [0.15, 0.2) is 0 Å². The summed E-state index contributed by atoms with van der Waals surface area (Å²) in [5.74, 6) is 1.21. The van der Waals surface area contributed by atoms with Gasteiger partial charge in [0.25, 0.3) is 5.91 Å². The Labute approximate surface area is 171 Å². The van der Waals surface area contributed by atoms with E-state index < -0.39 is 0 Å². The zero-order valence-electron chi connectivity index (χ0n) is 17.2. The first-order chi connectivity index (χ1) is 14.0. The highest BCUT2D eigenvalue weighted by Gasteiger charge is 2.12. The van der Waals surface area contributed by atoms with Crippen molar-refractivity contribution in [1.29, 1.82) is 0 Å². The van der Waals surface area contributed by atoms with E-state index in [4.69, 9.17) is 4.74 Å². The highest BCUT2D eigenvalue weighted by molar-refractivity contribution is 6.03. The number of carbonyl (C=O) groups excluding carboxylic acids is 1. The third-order valence-electron chi connectivity index (χ3n) is 4.65. The number of carbonyl (C=O) groups is 1. The van der Waals surface area contributed by atoms with Crippen LogP contribution in [-0.2, 0) is 6.42 Å². The average molecular weight is 390 g/mol. The topological polar surface area (TPSA) is 76.1 Å². The highest BCUT2D eigenvalue weighted by Crippen LogP contribution is 2.22. The van der Waals surface area contributed by atoms with Gasteiger partial charge in [0, 0.05) is 12.2 Å². The van der Waals surface area contributed by atoms with E-state index in [0.717, 1.165) is 29.0 Å². The van der Waals surface area contributed by atoms with Crippen LogP contribution < -0.4 is 15.4 Å². The van der Waals surface area contributed by atoms with Crippen molar-refractivity contribution < 1.29 is 9.53 Å². The monoisotopic (exact) mass is 390 g/mol. The number of hydrogen-bond acceptors (Lipinski definition) is 5. The Kier molecular flexibility index (Phi) is 6.44. The van der Waals surface area contributed by atoms with Gasteiger partial charge in [-0.2, -0.15) is 0 Å². The molecule has 1 amide bonds. The van der Waals surface area contributed by atoms with E-state index in [1.807, 2.05) is 51.1 Å². The van der Waals surface area contributed by atoms with Crippen LogP contribution in [0.5, 0.6) is 5.75 Å². The number of benzene rings is 2. The Morgan fingerprint density at radius 1 is 1.03 bits per heavy atom. The van der Waals surface area contributed by atoms with Crippen LogP contribution in [0.1, 0.15) is 32.7 Å². The number of anilines is 2. The SMILES string of the molecule is COc1cccc(CCNc2cnc(C(=O)Nc3c(C)cc(C)cc3C)cn2)c1. The van der Waals surface area contributed by atoms with Crippen molar-refractivity contribution in [3.05, 3.63) is 76.7 Å². The smallest absolute Gasteiger partial charge is 0.275 e. The van der Waals surface area contributed by atoms with Gasteiger partial charge in [0.1, 0.15) is 17.3 Å². The third-order valence-corrected chi connectivity index (χ3v) is 4.65. The molecule has 2 N–H and O–H groups in total. The molecule has 0 saturated carbocycles. The molecule has 6 nitrogen and oxygen atoms in total. The highest BCUT2D eigenvalue weighted by atomic mass is 16.5. The molecular formula is C23H26N4O2. The van der Waals surface area contributed by atoms with Crippen LogP contribution in [-0.4, -0.2) is 29.5 Å². The summed E-state index contributed by atoms with van der Waals surface area (Å²) in [6.07, 6.45) is 3.89. The average Bonchev–Trinajstić information content (AvgIpc) is 2.71. The fourth-order valence-electron chi connectivity index (χ4n) is 3.25. The van der Waals surface area contributed by atoms with E-state index in [1.54, 1.807) is 13.3 Å². The van der Waals surface area contributed by atoms with E-state index in [0.29, 0.717) is 12.4 Å². The maximum Gasteiger partial charge on any atom is 0.275 e. The van der Waals surface area contributed by atoms with Crippen molar-refractivity contribution in [2.75, 3.05) is 24.3 Å². The summed E-state index contributed by atoms with van der Waals surface area (Å²) in [5.41, 5.74) is 5.50. The minimum Gasteiger partial charge on any atom is -0.497 e. The van der Waals surface area contributed by atoms with Gasteiger partial charge >= 0.3 is 0 Å². The molecule has 0 bridgehead atoms. The summed E-state index contributed by atoms with van der Waals surface area (Å²) in [5, 5.41) is 6.17. The lowest BCUT2D eigenvalue weighted by atomic mass is 10.1. The van der Waals surface area contributed by atoms with Gasteiger partial charge < -0.3 is 15.4 Å². The summed E-state index contributed by atoms with van der Waals surface area (Å²) in [7, 11) is 1.66. The van der Waals surface area contributed by atoms with E-state index >= 15 is 0 Å². The quantitative estimate of drug-likeness (QED) is 0.628. The van der Waals surface area contributed by atoms with E-state index in [2.05, 4.69) is 26.7 Å². The summed E-state index contributed by atoms with van der Waals surface area (Å²) in [4.78, 5) is 21.1. The van der Waals surface area contributed by atoms with Crippen molar-refractivity contribution in [2.45, 2.75) is 27.2 Å². The largest absolute Gasteiger partial charge is 0.497 e. The second-order valence-corrected chi connectivity index (χ2v) is 7.04. The summed E-state index contributed by atoms with van der Waals surface area (Å²) in [6, 6.07) is 12.0. The van der Waals surface area contributed by atoms with Gasteiger partial charge in [0.05, 0.1) is 19.5 Å². The van der Waals surface area contributed by atoms with Crippen molar-refractivity contribution in [1.82, 2.24) is 9.97 Å². The summed E-state index contributed by atoms with van der Waals surface area (Å²) in [6.45, 7) is 6.71. The molecule has 0 aliphatic carbocycles. The molecular weight excluding hydrogens is 364 g/mol. The number of nitrogens with one attached hydrogen (secondary N) is 2. The van der Waals surface area contributed by atoms with Gasteiger partial charge in [-0.05, 0) is 56.0 Å². The summed E-state index contributed by atoms with van der Waals surface area (Å²) >= 11 is 0.